The number of hydrogen-bond donors (Lipinski definition) is 2. The van der Waals surface area contributed by atoms with E-state index in [0.29, 0.717) is 44.9 Å². The third-order valence-electron chi connectivity index (χ3n) is 5.26. The second-order valence-electron chi connectivity index (χ2n) is 7.46. The van der Waals surface area contributed by atoms with Gasteiger partial charge in [-0.25, -0.2) is 4.39 Å². The molecule has 1 atom stereocenters. The summed E-state index contributed by atoms with van der Waals surface area (Å²) in [6.45, 7) is 5.05. The summed E-state index contributed by atoms with van der Waals surface area (Å²) in [4.78, 5) is 31.9. The number of hydrogen-bond acceptors (Lipinski definition) is 4. The van der Waals surface area contributed by atoms with Crippen LogP contribution in [0.25, 0.3) is 0 Å². The summed E-state index contributed by atoms with van der Waals surface area (Å²) in [5.41, 5.74) is 0.889. The molecule has 7 nitrogen and oxygen atoms in total. The van der Waals surface area contributed by atoms with Gasteiger partial charge in [0.25, 0.3) is 0 Å². The normalized spacial score (nSPS) is 20.1. The Labute approximate surface area is 194 Å². The Morgan fingerprint density at radius 1 is 1.23 bits per heavy atom. The molecular formula is C21H31FIN5O2. The van der Waals surface area contributed by atoms with Crippen LogP contribution in [0.15, 0.2) is 29.3 Å². The molecule has 2 aliphatic heterocycles. The van der Waals surface area contributed by atoms with Crippen molar-refractivity contribution in [3.63, 3.8) is 0 Å². The zero-order valence-corrected chi connectivity index (χ0v) is 19.7. The van der Waals surface area contributed by atoms with Crippen LogP contribution in [0, 0.1) is 5.82 Å². The van der Waals surface area contributed by atoms with E-state index in [0.717, 1.165) is 31.6 Å². The van der Waals surface area contributed by atoms with E-state index < -0.39 is 0 Å². The van der Waals surface area contributed by atoms with Crippen LogP contribution < -0.4 is 15.5 Å². The number of amides is 2. The second kappa shape index (κ2) is 12.1. The number of nitrogens with zero attached hydrogens (tertiary/aromatic N) is 3. The molecule has 0 saturated carbocycles. The van der Waals surface area contributed by atoms with Crippen LogP contribution in [0.3, 0.4) is 0 Å². The minimum atomic E-state index is -0.228. The van der Waals surface area contributed by atoms with Gasteiger partial charge in [-0.3, -0.25) is 19.5 Å². The fraction of sp³-hybridized carbons (Fsp3) is 0.571. The molecule has 2 aliphatic rings. The Kier molecular flexibility index (Phi) is 9.80. The molecule has 2 amide bonds. The van der Waals surface area contributed by atoms with Crippen LogP contribution in [-0.2, 0) is 9.59 Å². The van der Waals surface area contributed by atoms with Gasteiger partial charge in [-0.15, -0.1) is 24.0 Å². The molecule has 1 unspecified atom stereocenters. The van der Waals surface area contributed by atoms with Crippen LogP contribution in [0.5, 0.6) is 0 Å². The summed E-state index contributed by atoms with van der Waals surface area (Å²) in [7, 11) is 0. The lowest BCUT2D eigenvalue weighted by Crippen LogP contribution is -2.51. The van der Waals surface area contributed by atoms with Crippen molar-refractivity contribution >= 4 is 47.4 Å². The topological polar surface area (TPSA) is 77.0 Å². The smallest absolute Gasteiger partial charge is 0.229 e. The number of guanidine groups is 1. The summed E-state index contributed by atoms with van der Waals surface area (Å²) in [5, 5.41) is 6.67. The van der Waals surface area contributed by atoms with Crippen molar-refractivity contribution < 1.29 is 14.0 Å². The van der Waals surface area contributed by atoms with Gasteiger partial charge in [-0.2, -0.15) is 0 Å². The standard InChI is InChI=1S/C21H30FN5O2.HI/c1-2-23-21(24-11-13-27-19(28)9-4-10-20(27)29)25-17-7-5-12-26(15-17)18-8-3-6-16(22)14-18;/h3,6,8,14,17H,2,4-5,7,9-13,15H2,1H3,(H2,23,24,25);1H. The summed E-state index contributed by atoms with van der Waals surface area (Å²) >= 11 is 0. The number of carbonyl (C=O) groups is 2. The molecular weight excluding hydrogens is 500 g/mol. The van der Waals surface area contributed by atoms with E-state index in [1.807, 2.05) is 13.0 Å². The molecule has 0 aromatic heterocycles. The molecule has 1 aromatic rings. The van der Waals surface area contributed by atoms with Crippen molar-refractivity contribution in [2.45, 2.75) is 45.1 Å². The maximum Gasteiger partial charge on any atom is 0.229 e. The summed E-state index contributed by atoms with van der Waals surface area (Å²) < 4.78 is 13.6. The molecule has 30 heavy (non-hydrogen) atoms. The van der Waals surface area contributed by atoms with Gasteiger partial charge >= 0.3 is 0 Å². The molecule has 0 bridgehead atoms. The number of imide groups is 1. The fourth-order valence-electron chi connectivity index (χ4n) is 3.83. The predicted octanol–water partition coefficient (Wildman–Crippen LogP) is 2.51. The Hall–Kier alpha value is -1.91. The number of nitrogens with one attached hydrogen (secondary N) is 2. The minimum absolute atomic E-state index is 0. The van der Waals surface area contributed by atoms with Crippen molar-refractivity contribution in [1.29, 1.82) is 0 Å². The highest BCUT2D eigenvalue weighted by Crippen LogP contribution is 2.20. The van der Waals surface area contributed by atoms with E-state index in [1.165, 1.54) is 11.0 Å². The van der Waals surface area contributed by atoms with Crippen molar-refractivity contribution in [3.05, 3.63) is 30.1 Å². The Bertz CT molecular complexity index is 745. The van der Waals surface area contributed by atoms with Gasteiger partial charge in [0, 0.05) is 50.7 Å². The third-order valence-corrected chi connectivity index (χ3v) is 5.26. The fourth-order valence-corrected chi connectivity index (χ4v) is 3.83. The van der Waals surface area contributed by atoms with E-state index in [2.05, 4.69) is 20.5 Å². The quantitative estimate of drug-likeness (QED) is 0.256. The number of likely N-dealkylation sites (tertiary alicyclic amines) is 1. The molecule has 3 rings (SSSR count). The summed E-state index contributed by atoms with van der Waals surface area (Å²) in [6, 6.07) is 6.86. The van der Waals surface area contributed by atoms with Gasteiger partial charge in [-0.1, -0.05) is 6.07 Å². The molecule has 2 saturated heterocycles. The molecule has 0 aliphatic carbocycles. The SMILES string of the molecule is CCNC(=NCCN1C(=O)CCCC1=O)NC1CCCN(c2cccc(F)c2)C1.I. The summed E-state index contributed by atoms with van der Waals surface area (Å²) in [6.07, 6.45) is 3.52. The lowest BCUT2D eigenvalue weighted by atomic mass is 10.0. The molecule has 0 radical (unpaired) electrons. The number of carbonyl (C=O) groups excluding carboxylic acids is 2. The first-order valence-electron chi connectivity index (χ1n) is 10.5. The van der Waals surface area contributed by atoms with Crippen LogP contribution in [-0.4, -0.2) is 61.4 Å². The van der Waals surface area contributed by atoms with Gasteiger partial charge in [0.15, 0.2) is 5.96 Å². The average Bonchev–Trinajstić information content (AvgIpc) is 2.70. The number of anilines is 1. The van der Waals surface area contributed by atoms with Crippen LogP contribution in [0.4, 0.5) is 10.1 Å². The molecule has 2 fully saturated rings. The van der Waals surface area contributed by atoms with E-state index in [1.54, 1.807) is 12.1 Å². The molecule has 1 aromatic carbocycles. The second-order valence-corrected chi connectivity index (χ2v) is 7.46. The number of piperidine rings is 2. The first-order valence-corrected chi connectivity index (χ1v) is 10.5. The highest BCUT2D eigenvalue weighted by molar-refractivity contribution is 14.0. The highest BCUT2D eigenvalue weighted by atomic mass is 127. The molecule has 0 spiro atoms. The number of halogens is 2. The Morgan fingerprint density at radius 2 is 2.00 bits per heavy atom. The predicted molar refractivity (Wildman–Crippen MR) is 127 cm³/mol. The largest absolute Gasteiger partial charge is 0.369 e. The van der Waals surface area contributed by atoms with Gasteiger partial charge in [-0.05, 0) is 44.4 Å². The molecule has 166 valence electrons. The number of aliphatic imine (C=N–C) groups is 1. The number of benzene rings is 1. The Morgan fingerprint density at radius 3 is 2.70 bits per heavy atom. The lowest BCUT2D eigenvalue weighted by Gasteiger charge is -2.35. The van der Waals surface area contributed by atoms with Crippen molar-refractivity contribution in [3.8, 4) is 0 Å². The minimum Gasteiger partial charge on any atom is -0.369 e. The number of rotatable bonds is 6. The van der Waals surface area contributed by atoms with Gasteiger partial charge in [0.05, 0.1) is 6.54 Å². The maximum atomic E-state index is 13.6. The third kappa shape index (κ3) is 6.82. The van der Waals surface area contributed by atoms with E-state index >= 15 is 0 Å². The van der Waals surface area contributed by atoms with Crippen molar-refractivity contribution in [1.82, 2.24) is 15.5 Å². The van der Waals surface area contributed by atoms with E-state index in [9.17, 15) is 14.0 Å². The molecule has 9 heteroatoms. The monoisotopic (exact) mass is 531 g/mol. The maximum absolute atomic E-state index is 13.6. The zero-order chi connectivity index (χ0) is 20.6. The van der Waals surface area contributed by atoms with Crippen molar-refractivity contribution in [2.24, 2.45) is 4.99 Å². The van der Waals surface area contributed by atoms with Crippen molar-refractivity contribution in [2.75, 3.05) is 37.6 Å². The van der Waals surface area contributed by atoms with Crippen LogP contribution in [0.1, 0.15) is 39.0 Å². The van der Waals surface area contributed by atoms with Gasteiger partial charge in [0.1, 0.15) is 5.82 Å². The summed E-state index contributed by atoms with van der Waals surface area (Å²) in [5.74, 6) is 0.240. The zero-order valence-electron chi connectivity index (χ0n) is 17.4. The van der Waals surface area contributed by atoms with Crippen LogP contribution in [0.2, 0.25) is 0 Å². The highest BCUT2D eigenvalue weighted by Gasteiger charge is 2.25. The van der Waals surface area contributed by atoms with Crippen LogP contribution >= 0.6 is 24.0 Å². The first-order chi connectivity index (χ1) is 14.1. The molecule has 2 heterocycles. The van der Waals surface area contributed by atoms with E-state index in [-0.39, 0.29) is 47.7 Å². The van der Waals surface area contributed by atoms with E-state index in [4.69, 9.17) is 0 Å². The molecule has 2 N–H and O–H groups in total. The van der Waals surface area contributed by atoms with Gasteiger partial charge in [0.2, 0.25) is 11.8 Å². The lowest BCUT2D eigenvalue weighted by molar-refractivity contribution is -0.147. The average molecular weight is 531 g/mol. The first kappa shape index (κ1) is 24.4. The van der Waals surface area contributed by atoms with Gasteiger partial charge < -0.3 is 15.5 Å². The Balaban J connectivity index is 0.00000320.